The molecule has 27 heavy (non-hydrogen) atoms. The lowest BCUT2D eigenvalue weighted by Crippen LogP contribution is -2.33. The Hall–Kier alpha value is -0.860. The predicted octanol–water partition coefficient (Wildman–Crippen LogP) is 2.90. The number of carbonyl (C=O) groups is 1. The molecule has 6 nitrogen and oxygen atoms in total. The summed E-state index contributed by atoms with van der Waals surface area (Å²) in [7, 11) is -1.65. The van der Waals surface area contributed by atoms with Gasteiger partial charge in [0, 0.05) is 12.6 Å². The van der Waals surface area contributed by atoms with Crippen molar-refractivity contribution in [1.82, 2.24) is 14.9 Å². The van der Waals surface area contributed by atoms with Crippen molar-refractivity contribution in [2.75, 3.05) is 26.7 Å². The molecule has 1 aliphatic carbocycles. The fraction of sp³-hybridized carbons (Fsp3) is 0.611. The van der Waals surface area contributed by atoms with E-state index in [4.69, 9.17) is 23.2 Å². The molecule has 1 amide bonds. The van der Waals surface area contributed by atoms with E-state index >= 15 is 0 Å². The number of nitrogens with one attached hydrogen (secondary N) is 2. The van der Waals surface area contributed by atoms with Crippen molar-refractivity contribution in [3.05, 3.63) is 27.7 Å². The molecule has 2 aliphatic rings. The number of likely N-dealkylation sites (tertiary alicyclic amines) is 1. The number of hydrogen-bond acceptors (Lipinski definition) is 4. The van der Waals surface area contributed by atoms with E-state index in [0.717, 1.165) is 45.2 Å². The van der Waals surface area contributed by atoms with Crippen LogP contribution < -0.4 is 10.0 Å². The molecule has 150 valence electrons. The van der Waals surface area contributed by atoms with Gasteiger partial charge >= 0.3 is 0 Å². The van der Waals surface area contributed by atoms with E-state index < -0.39 is 10.0 Å². The molecule has 0 aromatic heterocycles. The maximum absolute atomic E-state index is 12.5. The van der Waals surface area contributed by atoms with Crippen LogP contribution in [0, 0.1) is 5.92 Å². The van der Waals surface area contributed by atoms with Gasteiger partial charge in [0.05, 0.1) is 15.6 Å². The van der Waals surface area contributed by atoms with Gasteiger partial charge in [-0.25, -0.2) is 13.1 Å². The summed E-state index contributed by atoms with van der Waals surface area (Å²) in [5, 5.41) is 3.01. The van der Waals surface area contributed by atoms with Crippen molar-refractivity contribution in [1.29, 1.82) is 0 Å². The Labute approximate surface area is 170 Å². The molecular weight excluding hydrogens is 409 g/mol. The third-order valence-electron chi connectivity index (χ3n) is 5.13. The summed E-state index contributed by atoms with van der Waals surface area (Å²) in [6, 6.07) is 2.53. The number of amides is 1. The van der Waals surface area contributed by atoms with Crippen molar-refractivity contribution in [2.45, 2.75) is 43.0 Å². The van der Waals surface area contributed by atoms with E-state index in [1.54, 1.807) is 0 Å². The fourth-order valence-electron chi connectivity index (χ4n) is 3.23. The minimum absolute atomic E-state index is 0.0102. The molecule has 1 aromatic carbocycles. The Morgan fingerprint density at radius 3 is 2.44 bits per heavy atom. The predicted molar refractivity (Wildman–Crippen MR) is 107 cm³/mol. The maximum atomic E-state index is 12.5. The van der Waals surface area contributed by atoms with Crippen LogP contribution in [0.25, 0.3) is 0 Å². The molecule has 2 fully saturated rings. The summed E-state index contributed by atoms with van der Waals surface area (Å²) < 4.78 is 27.5. The van der Waals surface area contributed by atoms with Crippen molar-refractivity contribution in [3.8, 4) is 0 Å². The molecular formula is C18H25Cl2N3O3S. The monoisotopic (exact) mass is 433 g/mol. The van der Waals surface area contributed by atoms with Crippen LogP contribution in [0.15, 0.2) is 17.0 Å². The molecule has 0 atom stereocenters. The molecule has 9 heteroatoms. The minimum atomic E-state index is -3.77. The SMILES string of the molecule is CN1CCC(CCNC(=O)c2cc(S(=O)(=O)NC3CC3)c(Cl)cc2Cl)CC1. The van der Waals surface area contributed by atoms with Crippen LogP contribution in [0.5, 0.6) is 0 Å². The number of carbonyl (C=O) groups excluding carboxylic acids is 1. The molecule has 0 bridgehead atoms. The Balaban J connectivity index is 1.64. The van der Waals surface area contributed by atoms with Crippen LogP contribution in [0.1, 0.15) is 42.5 Å². The molecule has 1 saturated heterocycles. The van der Waals surface area contributed by atoms with Crippen LogP contribution in [-0.2, 0) is 10.0 Å². The van der Waals surface area contributed by atoms with Crippen LogP contribution in [-0.4, -0.2) is 51.9 Å². The lowest BCUT2D eigenvalue weighted by atomic mass is 9.94. The molecule has 0 unspecified atom stereocenters. The van der Waals surface area contributed by atoms with Gasteiger partial charge < -0.3 is 10.2 Å². The van der Waals surface area contributed by atoms with E-state index in [2.05, 4.69) is 22.0 Å². The highest BCUT2D eigenvalue weighted by Crippen LogP contribution is 2.30. The number of benzene rings is 1. The number of rotatable bonds is 7. The zero-order valence-corrected chi connectivity index (χ0v) is 17.6. The smallest absolute Gasteiger partial charge is 0.252 e. The average Bonchev–Trinajstić information content (AvgIpc) is 3.39. The van der Waals surface area contributed by atoms with Gasteiger partial charge in [0.1, 0.15) is 4.90 Å². The van der Waals surface area contributed by atoms with Crippen molar-refractivity contribution >= 4 is 39.1 Å². The highest BCUT2D eigenvalue weighted by atomic mass is 35.5. The topological polar surface area (TPSA) is 78.5 Å². The number of hydrogen-bond donors (Lipinski definition) is 2. The second-order valence-electron chi connectivity index (χ2n) is 7.45. The Kier molecular flexibility index (Phi) is 6.69. The first kappa shape index (κ1) is 20.9. The van der Waals surface area contributed by atoms with Crippen molar-refractivity contribution < 1.29 is 13.2 Å². The largest absolute Gasteiger partial charge is 0.352 e. The maximum Gasteiger partial charge on any atom is 0.252 e. The van der Waals surface area contributed by atoms with E-state index in [1.165, 1.54) is 12.1 Å². The molecule has 2 N–H and O–H groups in total. The van der Waals surface area contributed by atoms with Gasteiger partial charge in [-0.05, 0) is 70.3 Å². The van der Waals surface area contributed by atoms with Gasteiger partial charge in [-0.15, -0.1) is 0 Å². The first-order valence-electron chi connectivity index (χ1n) is 9.24. The summed E-state index contributed by atoms with van der Waals surface area (Å²) in [6.07, 6.45) is 4.79. The normalized spacial score (nSPS) is 19.2. The standard InChI is InChI=1S/C18H25Cl2N3O3S/c1-23-8-5-12(6-9-23)4-7-21-18(24)14-10-17(16(20)11-15(14)19)27(25,26)22-13-2-3-13/h10-13,22H,2-9H2,1H3,(H,21,24). The summed E-state index contributed by atoms with van der Waals surface area (Å²) in [5.74, 6) is 0.216. The third kappa shape index (κ3) is 5.57. The molecule has 1 saturated carbocycles. The molecule has 3 rings (SSSR count). The van der Waals surface area contributed by atoms with Gasteiger partial charge in [-0.2, -0.15) is 0 Å². The van der Waals surface area contributed by atoms with Gasteiger partial charge in [-0.3, -0.25) is 4.79 Å². The molecule has 1 aromatic rings. The number of sulfonamides is 1. The molecule has 0 spiro atoms. The highest BCUT2D eigenvalue weighted by molar-refractivity contribution is 7.89. The first-order chi connectivity index (χ1) is 12.8. The van der Waals surface area contributed by atoms with Crippen LogP contribution in [0.2, 0.25) is 10.0 Å². The van der Waals surface area contributed by atoms with E-state index in [0.29, 0.717) is 12.5 Å². The summed E-state index contributed by atoms with van der Waals surface area (Å²) in [5.41, 5.74) is 0.126. The van der Waals surface area contributed by atoms with Crippen molar-refractivity contribution in [3.63, 3.8) is 0 Å². The van der Waals surface area contributed by atoms with E-state index in [1.807, 2.05) is 0 Å². The molecule has 1 heterocycles. The van der Waals surface area contributed by atoms with Crippen LogP contribution in [0.3, 0.4) is 0 Å². The second-order valence-corrected chi connectivity index (χ2v) is 9.95. The average molecular weight is 434 g/mol. The van der Waals surface area contributed by atoms with Gasteiger partial charge in [0.15, 0.2) is 0 Å². The number of piperidine rings is 1. The summed E-state index contributed by atoms with van der Waals surface area (Å²) >= 11 is 12.2. The number of nitrogens with zero attached hydrogens (tertiary/aromatic N) is 1. The lowest BCUT2D eigenvalue weighted by Gasteiger charge is -2.28. The van der Waals surface area contributed by atoms with Gasteiger partial charge in [0.2, 0.25) is 10.0 Å². The number of halogens is 2. The first-order valence-corrected chi connectivity index (χ1v) is 11.5. The Bertz CT molecular complexity index is 804. The quantitative estimate of drug-likeness (QED) is 0.692. The van der Waals surface area contributed by atoms with Crippen LogP contribution >= 0.6 is 23.2 Å². The zero-order chi connectivity index (χ0) is 19.6. The van der Waals surface area contributed by atoms with E-state index in [-0.39, 0.29) is 32.5 Å². The molecule has 0 radical (unpaired) electrons. The highest BCUT2D eigenvalue weighted by Gasteiger charge is 2.30. The summed E-state index contributed by atoms with van der Waals surface area (Å²) in [6.45, 7) is 2.70. The summed E-state index contributed by atoms with van der Waals surface area (Å²) in [4.78, 5) is 14.7. The fourth-order valence-corrected chi connectivity index (χ4v) is 5.39. The van der Waals surface area contributed by atoms with Gasteiger partial charge in [0.25, 0.3) is 5.91 Å². The Morgan fingerprint density at radius 2 is 1.81 bits per heavy atom. The second kappa shape index (κ2) is 8.66. The van der Waals surface area contributed by atoms with Gasteiger partial charge in [-0.1, -0.05) is 23.2 Å². The Morgan fingerprint density at radius 1 is 1.15 bits per heavy atom. The van der Waals surface area contributed by atoms with Crippen LogP contribution in [0.4, 0.5) is 0 Å². The minimum Gasteiger partial charge on any atom is -0.352 e. The van der Waals surface area contributed by atoms with Crippen molar-refractivity contribution in [2.24, 2.45) is 5.92 Å². The van der Waals surface area contributed by atoms with E-state index in [9.17, 15) is 13.2 Å². The third-order valence-corrected chi connectivity index (χ3v) is 7.43. The lowest BCUT2D eigenvalue weighted by molar-refractivity contribution is 0.0949. The zero-order valence-electron chi connectivity index (χ0n) is 15.3. The molecule has 1 aliphatic heterocycles.